The SMILES string of the molecule is Clc1ccc(Sc2c3n(c4cc(I)cc(Br)c24)CC[CH]3)cc1. The van der Waals surface area contributed by atoms with Gasteiger partial charge in [0.25, 0.3) is 0 Å². The molecule has 0 amide bonds. The van der Waals surface area contributed by atoms with Crippen molar-refractivity contribution in [1.29, 1.82) is 0 Å². The maximum Gasteiger partial charge on any atom is 0.0516 e. The van der Waals surface area contributed by atoms with E-state index >= 15 is 0 Å². The van der Waals surface area contributed by atoms with Crippen molar-refractivity contribution in [2.75, 3.05) is 0 Å². The zero-order chi connectivity index (χ0) is 15.3. The lowest BCUT2D eigenvalue weighted by Gasteiger charge is -2.05. The van der Waals surface area contributed by atoms with E-state index in [-0.39, 0.29) is 0 Å². The first kappa shape index (κ1) is 15.4. The summed E-state index contributed by atoms with van der Waals surface area (Å²) in [6.07, 6.45) is 3.46. The van der Waals surface area contributed by atoms with E-state index < -0.39 is 0 Å². The Morgan fingerprint density at radius 3 is 2.73 bits per heavy atom. The van der Waals surface area contributed by atoms with Crippen LogP contribution in [0, 0.1) is 9.99 Å². The van der Waals surface area contributed by atoms with Crippen LogP contribution in [0.25, 0.3) is 10.9 Å². The molecule has 0 saturated heterocycles. The van der Waals surface area contributed by atoms with Crippen LogP contribution in [0.5, 0.6) is 0 Å². The van der Waals surface area contributed by atoms with Gasteiger partial charge in [-0.15, -0.1) is 0 Å². The normalized spacial score (nSPS) is 13.8. The molecule has 5 heteroatoms. The summed E-state index contributed by atoms with van der Waals surface area (Å²) in [5.41, 5.74) is 2.66. The number of fused-ring (bicyclic) bond motifs is 3. The fraction of sp³-hybridized carbons (Fsp3) is 0.118. The van der Waals surface area contributed by atoms with Crippen LogP contribution in [0.3, 0.4) is 0 Å². The molecule has 0 fully saturated rings. The summed E-state index contributed by atoms with van der Waals surface area (Å²) in [4.78, 5) is 2.54. The second-order valence-electron chi connectivity index (χ2n) is 5.20. The van der Waals surface area contributed by atoms with E-state index in [2.05, 4.69) is 73.8 Å². The summed E-state index contributed by atoms with van der Waals surface area (Å²) < 4.78 is 4.86. The highest BCUT2D eigenvalue weighted by atomic mass is 127. The van der Waals surface area contributed by atoms with E-state index in [4.69, 9.17) is 11.6 Å². The largest absolute Gasteiger partial charge is 0.343 e. The molecule has 1 aliphatic rings. The molecule has 1 nitrogen and oxygen atoms in total. The summed E-state index contributed by atoms with van der Waals surface area (Å²) in [6.45, 7) is 1.07. The zero-order valence-corrected chi connectivity index (χ0v) is 16.8. The molecule has 0 bridgehead atoms. The molecule has 4 rings (SSSR count). The van der Waals surface area contributed by atoms with Gasteiger partial charge in [-0.2, -0.15) is 0 Å². The molecular formula is C17H11BrClINS. The Balaban J connectivity index is 1.91. The molecular weight excluding hydrogens is 493 g/mol. The summed E-state index contributed by atoms with van der Waals surface area (Å²) in [5.74, 6) is 0. The molecule has 2 heterocycles. The molecule has 22 heavy (non-hydrogen) atoms. The lowest BCUT2D eigenvalue weighted by Crippen LogP contribution is -1.91. The van der Waals surface area contributed by atoms with Crippen LogP contribution in [0.1, 0.15) is 12.1 Å². The van der Waals surface area contributed by atoms with E-state index in [1.54, 1.807) is 0 Å². The summed E-state index contributed by atoms with van der Waals surface area (Å²) in [5, 5.41) is 2.09. The van der Waals surface area contributed by atoms with Crippen LogP contribution in [0.2, 0.25) is 5.02 Å². The van der Waals surface area contributed by atoms with Crippen molar-refractivity contribution in [1.82, 2.24) is 4.57 Å². The fourth-order valence-electron chi connectivity index (χ4n) is 2.88. The maximum absolute atomic E-state index is 6.00. The van der Waals surface area contributed by atoms with Gasteiger partial charge in [0.2, 0.25) is 0 Å². The van der Waals surface area contributed by atoms with Gasteiger partial charge in [-0.25, -0.2) is 0 Å². The van der Waals surface area contributed by atoms with Gasteiger partial charge in [-0.1, -0.05) is 39.3 Å². The number of hydrogen-bond donors (Lipinski definition) is 0. The average molecular weight is 504 g/mol. The minimum Gasteiger partial charge on any atom is -0.343 e. The van der Waals surface area contributed by atoms with Crippen molar-refractivity contribution in [3.63, 3.8) is 0 Å². The molecule has 0 aliphatic carbocycles. The predicted octanol–water partition coefficient (Wildman–Crippen LogP) is 6.77. The van der Waals surface area contributed by atoms with Crippen LogP contribution in [0.4, 0.5) is 0 Å². The fourth-order valence-corrected chi connectivity index (χ4v) is 5.94. The molecule has 0 atom stereocenters. The number of benzene rings is 2. The molecule has 111 valence electrons. The molecule has 1 radical (unpaired) electrons. The van der Waals surface area contributed by atoms with E-state index in [1.807, 2.05) is 23.9 Å². The number of nitrogens with zero attached hydrogens (tertiary/aromatic N) is 1. The molecule has 2 aromatic carbocycles. The van der Waals surface area contributed by atoms with Gasteiger partial charge in [-0.3, -0.25) is 0 Å². The highest BCUT2D eigenvalue weighted by Crippen LogP contribution is 2.45. The van der Waals surface area contributed by atoms with Gasteiger partial charge < -0.3 is 4.57 Å². The van der Waals surface area contributed by atoms with E-state index in [0.29, 0.717) is 0 Å². The van der Waals surface area contributed by atoms with E-state index in [0.717, 1.165) is 18.0 Å². The van der Waals surface area contributed by atoms with Crippen molar-refractivity contribution < 1.29 is 0 Å². The van der Waals surface area contributed by atoms with Crippen LogP contribution < -0.4 is 0 Å². The second-order valence-corrected chi connectivity index (χ2v) is 8.82. The zero-order valence-electron chi connectivity index (χ0n) is 11.4. The third-order valence-electron chi connectivity index (χ3n) is 3.80. The number of aryl methyl sites for hydroxylation is 1. The predicted molar refractivity (Wildman–Crippen MR) is 106 cm³/mol. The van der Waals surface area contributed by atoms with Crippen LogP contribution >= 0.6 is 61.9 Å². The highest BCUT2D eigenvalue weighted by Gasteiger charge is 2.24. The molecule has 1 aliphatic heterocycles. The summed E-state index contributed by atoms with van der Waals surface area (Å²) in [6, 6.07) is 12.5. The molecule has 1 aromatic heterocycles. The van der Waals surface area contributed by atoms with Crippen molar-refractivity contribution >= 4 is 72.8 Å². The minimum atomic E-state index is 0.776. The number of aromatic nitrogens is 1. The summed E-state index contributed by atoms with van der Waals surface area (Å²) >= 11 is 13.9. The van der Waals surface area contributed by atoms with Crippen LogP contribution in [-0.4, -0.2) is 4.57 Å². The van der Waals surface area contributed by atoms with Crippen molar-refractivity contribution in [3.05, 3.63) is 61.6 Å². The lowest BCUT2D eigenvalue weighted by molar-refractivity contribution is 0.788. The Bertz CT molecular complexity index is 873. The maximum atomic E-state index is 6.00. The van der Waals surface area contributed by atoms with Crippen LogP contribution in [0.15, 0.2) is 50.7 Å². The van der Waals surface area contributed by atoms with E-state index in [1.165, 1.54) is 34.4 Å². The molecule has 3 aromatic rings. The average Bonchev–Trinajstić information content (AvgIpc) is 3.05. The molecule has 0 N–H and O–H groups in total. The van der Waals surface area contributed by atoms with E-state index in [9.17, 15) is 0 Å². The number of halogens is 3. The van der Waals surface area contributed by atoms with Crippen molar-refractivity contribution in [2.45, 2.75) is 22.8 Å². The topological polar surface area (TPSA) is 4.93 Å². The van der Waals surface area contributed by atoms with Gasteiger partial charge in [0.1, 0.15) is 0 Å². The smallest absolute Gasteiger partial charge is 0.0516 e. The van der Waals surface area contributed by atoms with Crippen molar-refractivity contribution in [2.24, 2.45) is 0 Å². The van der Waals surface area contributed by atoms with Gasteiger partial charge in [-0.05, 0) is 65.4 Å². The first-order valence-corrected chi connectivity index (χ1v) is 9.98. The Morgan fingerprint density at radius 2 is 1.95 bits per heavy atom. The second kappa shape index (κ2) is 6.04. The van der Waals surface area contributed by atoms with Gasteiger partial charge >= 0.3 is 0 Å². The lowest BCUT2D eigenvalue weighted by atomic mass is 10.2. The van der Waals surface area contributed by atoms with Gasteiger partial charge in [0.05, 0.1) is 5.52 Å². The first-order chi connectivity index (χ1) is 10.6. The third kappa shape index (κ3) is 2.62. The molecule has 0 unspecified atom stereocenters. The van der Waals surface area contributed by atoms with Gasteiger partial charge in [0.15, 0.2) is 0 Å². The number of rotatable bonds is 2. The number of hydrogen-bond acceptors (Lipinski definition) is 1. The monoisotopic (exact) mass is 502 g/mol. The Hall–Kier alpha value is -0.170. The minimum absolute atomic E-state index is 0.776. The third-order valence-corrected chi connectivity index (χ3v) is 6.42. The van der Waals surface area contributed by atoms with Crippen LogP contribution in [-0.2, 0) is 6.54 Å². The highest BCUT2D eigenvalue weighted by molar-refractivity contribution is 14.1. The Morgan fingerprint density at radius 1 is 1.18 bits per heavy atom. The van der Waals surface area contributed by atoms with Gasteiger partial charge in [0, 0.05) is 46.9 Å². The summed E-state index contributed by atoms with van der Waals surface area (Å²) in [7, 11) is 0. The molecule has 0 spiro atoms. The Labute approximate surface area is 160 Å². The van der Waals surface area contributed by atoms with Crippen molar-refractivity contribution in [3.8, 4) is 0 Å². The first-order valence-electron chi connectivity index (χ1n) is 6.91. The quantitative estimate of drug-likeness (QED) is 0.350. The standard InChI is InChI=1S/C17H11BrClINS/c18-13-8-11(20)9-15-16(13)17(14-2-1-7-21(14)15)22-12-5-3-10(19)4-6-12/h2-6,8-9H,1,7H2. The Kier molecular flexibility index (Phi) is 4.22. The molecule has 0 saturated carbocycles.